The van der Waals surface area contributed by atoms with Crippen molar-refractivity contribution >= 4 is 44.2 Å². The van der Waals surface area contributed by atoms with E-state index in [1.54, 1.807) is 6.92 Å². The Balaban J connectivity index is 3.21. The van der Waals surface area contributed by atoms with Crippen molar-refractivity contribution in [1.82, 2.24) is 0 Å². The Morgan fingerprint density at radius 3 is 2.56 bits per heavy atom. The number of benzene rings is 1. The second kappa shape index (κ2) is 5.86. The molecule has 0 bridgehead atoms. The molecule has 8 heteroatoms. The molecule has 0 saturated heterocycles. The van der Waals surface area contributed by atoms with Crippen LogP contribution in [-0.2, 0) is 10.0 Å². The van der Waals surface area contributed by atoms with E-state index in [1.807, 2.05) is 4.72 Å². The van der Waals surface area contributed by atoms with Crippen LogP contribution in [-0.4, -0.2) is 19.4 Å². The minimum absolute atomic E-state index is 0.154. The lowest BCUT2D eigenvalue weighted by Crippen LogP contribution is -2.17. The highest BCUT2D eigenvalue weighted by molar-refractivity contribution is 7.92. The largest absolute Gasteiger partial charge is 0.281 e. The van der Waals surface area contributed by atoms with E-state index in [0.29, 0.717) is 6.42 Å². The van der Waals surface area contributed by atoms with Gasteiger partial charge in [-0.2, -0.15) is 0 Å². The summed E-state index contributed by atoms with van der Waals surface area (Å²) in [6.45, 7) is 1.67. The number of carbonyl (C=O) groups excluding carboxylic acids is 1. The monoisotopic (exact) mass is 313 g/mol. The zero-order chi connectivity index (χ0) is 13.9. The Hall–Kier alpha value is -0.850. The zero-order valence-electron chi connectivity index (χ0n) is 9.34. The van der Waals surface area contributed by atoms with Crippen molar-refractivity contribution in [3.05, 3.63) is 28.5 Å². The maximum absolute atomic E-state index is 13.8. The van der Waals surface area contributed by atoms with E-state index < -0.39 is 26.6 Å². The number of sulfonamides is 1. The Morgan fingerprint density at radius 2 is 2.06 bits per heavy atom. The van der Waals surface area contributed by atoms with Crippen molar-refractivity contribution in [3.63, 3.8) is 0 Å². The highest BCUT2D eigenvalue weighted by Crippen LogP contribution is 2.27. The van der Waals surface area contributed by atoms with E-state index in [9.17, 15) is 17.6 Å². The van der Waals surface area contributed by atoms with Gasteiger partial charge in [0.05, 0.1) is 22.0 Å². The first-order valence-corrected chi connectivity index (χ1v) is 7.37. The number of anilines is 1. The lowest BCUT2D eigenvalue weighted by Gasteiger charge is -2.10. The average Bonchev–Trinajstić information content (AvgIpc) is 2.21. The quantitative estimate of drug-likeness (QED) is 0.850. The summed E-state index contributed by atoms with van der Waals surface area (Å²) in [5, 5.41) is -1.26. The van der Waals surface area contributed by atoms with Crippen LogP contribution in [0, 0.1) is 5.82 Å². The first-order valence-electron chi connectivity index (χ1n) is 4.96. The molecular formula is C10H10Cl2FNO3S. The van der Waals surface area contributed by atoms with Crippen molar-refractivity contribution in [2.45, 2.75) is 13.3 Å². The molecular weight excluding hydrogens is 304 g/mol. The summed E-state index contributed by atoms with van der Waals surface area (Å²) >= 11 is 10.8. The van der Waals surface area contributed by atoms with Crippen molar-refractivity contribution in [1.29, 1.82) is 0 Å². The van der Waals surface area contributed by atoms with E-state index in [-0.39, 0.29) is 16.5 Å². The van der Waals surface area contributed by atoms with Crippen molar-refractivity contribution in [2.75, 3.05) is 10.5 Å². The zero-order valence-corrected chi connectivity index (χ0v) is 11.7. The third-order valence-electron chi connectivity index (χ3n) is 2.03. The highest BCUT2D eigenvalue weighted by atomic mass is 35.5. The summed E-state index contributed by atoms with van der Waals surface area (Å²) < 4.78 is 38.9. The van der Waals surface area contributed by atoms with Crippen LogP contribution in [0.3, 0.4) is 0 Å². The van der Waals surface area contributed by atoms with Gasteiger partial charge in [-0.1, -0.05) is 18.5 Å². The number of halogens is 3. The van der Waals surface area contributed by atoms with Crippen LogP contribution >= 0.6 is 23.2 Å². The lowest BCUT2D eigenvalue weighted by atomic mass is 10.2. The summed E-state index contributed by atoms with van der Waals surface area (Å²) in [5.74, 6) is -1.23. The molecule has 1 rings (SSSR count). The van der Waals surface area contributed by atoms with Gasteiger partial charge < -0.3 is 0 Å². The van der Waals surface area contributed by atoms with Crippen LogP contribution in [0.25, 0.3) is 0 Å². The van der Waals surface area contributed by atoms with Crippen LogP contribution in [0.1, 0.15) is 23.7 Å². The fourth-order valence-corrected chi connectivity index (χ4v) is 2.90. The van der Waals surface area contributed by atoms with E-state index in [0.717, 1.165) is 6.07 Å². The second-order valence-corrected chi connectivity index (χ2v) is 6.07. The Kier molecular flexibility index (Phi) is 4.95. The first-order chi connectivity index (χ1) is 8.28. The molecule has 0 radical (unpaired) electrons. The Morgan fingerprint density at radius 1 is 1.44 bits per heavy atom. The second-order valence-electron chi connectivity index (χ2n) is 3.48. The fourth-order valence-electron chi connectivity index (χ4n) is 1.30. The first kappa shape index (κ1) is 15.2. The number of rotatable bonds is 5. The Labute approximate surface area is 114 Å². The summed E-state index contributed by atoms with van der Waals surface area (Å²) in [7, 11) is -3.65. The standard InChI is InChI=1S/C10H10Cl2FNO3S/c1-2-5-18(16,17)14-7-4-3-6(11)8(9(7)13)10(12)15/h3-4,14H,2,5H2,1H3. The summed E-state index contributed by atoms with van der Waals surface area (Å²) in [5.41, 5.74) is -0.896. The molecule has 0 aliphatic heterocycles. The molecule has 1 aromatic rings. The van der Waals surface area contributed by atoms with Gasteiger partial charge in [0.25, 0.3) is 5.24 Å². The highest BCUT2D eigenvalue weighted by Gasteiger charge is 2.20. The predicted molar refractivity (Wildman–Crippen MR) is 69.3 cm³/mol. The molecule has 100 valence electrons. The molecule has 0 aliphatic carbocycles. The van der Waals surface area contributed by atoms with Crippen molar-refractivity contribution in [3.8, 4) is 0 Å². The molecule has 0 atom stereocenters. The lowest BCUT2D eigenvalue weighted by molar-refractivity contribution is 0.107. The van der Waals surface area contributed by atoms with Gasteiger partial charge in [-0.25, -0.2) is 12.8 Å². The molecule has 0 aliphatic rings. The van der Waals surface area contributed by atoms with Crippen LogP contribution in [0.15, 0.2) is 12.1 Å². The van der Waals surface area contributed by atoms with E-state index in [2.05, 4.69) is 0 Å². The van der Waals surface area contributed by atoms with Crippen LogP contribution < -0.4 is 4.72 Å². The third-order valence-corrected chi connectivity index (χ3v) is 4.01. The van der Waals surface area contributed by atoms with Gasteiger partial charge in [-0.3, -0.25) is 9.52 Å². The number of nitrogens with one attached hydrogen (secondary N) is 1. The smallest absolute Gasteiger partial charge is 0.256 e. The molecule has 1 aromatic carbocycles. The fraction of sp³-hybridized carbons (Fsp3) is 0.300. The molecule has 0 aromatic heterocycles. The van der Waals surface area contributed by atoms with Gasteiger partial charge in [0.15, 0.2) is 5.82 Å². The SMILES string of the molecule is CCCS(=O)(=O)Nc1ccc(Cl)c(C(=O)Cl)c1F. The molecule has 0 unspecified atom stereocenters. The van der Waals surface area contributed by atoms with Gasteiger partial charge in [0.2, 0.25) is 10.0 Å². The van der Waals surface area contributed by atoms with Crippen LogP contribution in [0.2, 0.25) is 5.02 Å². The minimum Gasteiger partial charge on any atom is -0.281 e. The van der Waals surface area contributed by atoms with Crippen molar-refractivity contribution in [2.24, 2.45) is 0 Å². The predicted octanol–water partition coefficient (Wildman–Crippen LogP) is 3.01. The van der Waals surface area contributed by atoms with Gasteiger partial charge in [0.1, 0.15) is 0 Å². The van der Waals surface area contributed by atoms with E-state index in [4.69, 9.17) is 23.2 Å². The molecule has 0 spiro atoms. The van der Waals surface area contributed by atoms with Gasteiger partial charge in [-0.15, -0.1) is 0 Å². The van der Waals surface area contributed by atoms with Gasteiger partial charge in [0, 0.05) is 0 Å². The Bertz CT molecular complexity index is 575. The minimum atomic E-state index is -3.65. The van der Waals surface area contributed by atoms with Crippen LogP contribution in [0.4, 0.5) is 10.1 Å². The van der Waals surface area contributed by atoms with Gasteiger partial charge >= 0.3 is 0 Å². The number of hydrogen-bond donors (Lipinski definition) is 1. The normalized spacial score (nSPS) is 11.3. The summed E-state index contributed by atoms with van der Waals surface area (Å²) in [4.78, 5) is 11.0. The molecule has 4 nitrogen and oxygen atoms in total. The maximum atomic E-state index is 13.8. The van der Waals surface area contributed by atoms with E-state index in [1.165, 1.54) is 6.07 Å². The van der Waals surface area contributed by atoms with Crippen molar-refractivity contribution < 1.29 is 17.6 Å². The maximum Gasteiger partial charge on any atom is 0.256 e. The average molecular weight is 314 g/mol. The van der Waals surface area contributed by atoms with Gasteiger partial charge in [-0.05, 0) is 30.2 Å². The third kappa shape index (κ3) is 3.57. The number of hydrogen-bond acceptors (Lipinski definition) is 3. The summed E-state index contributed by atoms with van der Waals surface area (Å²) in [6.07, 6.45) is 0.381. The van der Waals surface area contributed by atoms with E-state index >= 15 is 0 Å². The summed E-state index contributed by atoms with van der Waals surface area (Å²) in [6, 6.07) is 2.33. The molecule has 0 amide bonds. The molecule has 0 heterocycles. The topological polar surface area (TPSA) is 63.2 Å². The van der Waals surface area contributed by atoms with Crippen LogP contribution in [0.5, 0.6) is 0 Å². The molecule has 0 saturated carbocycles. The molecule has 1 N–H and O–H groups in total. The molecule has 0 fully saturated rings. The number of carbonyl (C=O) groups is 1. The molecule has 18 heavy (non-hydrogen) atoms.